The van der Waals surface area contributed by atoms with Crippen LogP contribution in [0.3, 0.4) is 0 Å². The van der Waals surface area contributed by atoms with Crippen molar-refractivity contribution in [1.29, 1.82) is 0 Å². The normalized spacial score (nSPS) is 11.5. The van der Waals surface area contributed by atoms with Gasteiger partial charge in [0.15, 0.2) is 0 Å². The van der Waals surface area contributed by atoms with Crippen molar-refractivity contribution in [2.75, 3.05) is 4.90 Å². The van der Waals surface area contributed by atoms with Crippen LogP contribution < -0.4 is 4.90 Å². The van der Waals surface area contributed by atoms with E-state index in [1.807, 2.05) is 6.07 Å². The van der Waals surface area contributed by atoms with E-state index in [0.29, 0.717) is 0 Å². The smallest absolute Gasteiger partial charge is 0.143 e. The molecule has 0 unspecified atom stereocenters. The van der Waals surface area contributed by atoms with Crippen LogP contribution in [0.25, 0.3) is 93.9 Å². The predicted molar refractivity (Wildman–Crippen MR) is 264 cm³/mol. The number of benzene rings is 10. The van der Waals surface area contributed by atoms with E-state index in [-0.39, 0.29) is 0 Å². The largest absolute Gasteiger partial charge is 0.455 e. The van der Waals surface area contributed by atoms with Crippen molar-refractivity contribution in [3.8, 4) is 50.2 Å². The molecule has 10 aromatic carbocycles. The molecule has 3 nitrogen and oxygen atoms in total. The SMILES string of the molecule is c1ccc(-c2ccc(N(c3ccc4c5ccccc5n(-c5ccccc5-c5ccccc5)c4c3)c3ccccc3-c3ccccc3)cc2-c2cccc3c2oc2ccccc23)cc1. The molecule has 0 N–H and O–H groups in total. The average Bonchev–Trinajstić information content (AvgIpc) is 3.91. The van der Waals surface area contributed by atoms with Crippen molar-refractivity contribution in [3.05, 3.63) is 243 Å². The Kier molecular flexibility index (Phi) is 8.83. The molecule has 0 spiro atoms. The summed E-state index contributed by atoms with van der Waals surface area (Å²) >= 11 is 0. The third kappa shape index (κ3) is 6.21. The van der Waals surface area contributed by atoms with E-state index in [1.54, 1.807) is 0 Å². The molecule has 3 heteroatoms. The molecule has 0 bridgehead atoms. The molecule has 0 saturated heterocycles. The second kappa shape index (κ2) is 15.3. The van der Waals surface area contributed by atoms with Crippen LogP contribution in [0.2, 0.25) is 0 Å². The minimum Gasteiger partial charge on any atom is -0.455 e. The van der Waals surface area contributed by atoms with Crippen LogP contribution in [0.4, 0.5) is 17.1 Å². The quantitative estimate of drug-likeness (QED) is 0.153. The molecule has 0 aliphatic heterocycles. The predicted octanol–water partition coefficient (Wildman–Crippen LogP) is 16.8. The van der Waals surface area contributed by atoms with Gasteiger partial charge in [-0.3, -0.25) is 0 Å². The minimum absolute atomic E-state index is 0.882. The fraction of sp³-hybridized carbons (Fsp3) is 0. The van der Waals surface area contributed by atoms with Gasteiger partial charge >= 0.3 is 0 Å². The van der Waals surface area contributed by atoms with Crippen molar-refractivity contribution >= 4 is 60.8 Å². The maximum atomic E-state index is 6.73. The summed E-state index contributed by atoms with van der Waals surface area (Å²) in [6.45, 7) is 0. The topological polar surface area (TPSA) is 21.3 Å². The van der Waals surface area contributed by atoms with Crippen LogP contribution in [0.15, 0.2) is 247 Å². The number of hydrogen-bond acceptors (Lipinski definition) is 2. The Labute approximate surface area is 366 Å². The summed E-state index contributed by atoms with van der Waals surface area (Å²) in [7, 11) is 0. The first kappa shape index (κ1) is 36.5. The van der Waals surface area contributed by atoms with Crippen LogP contribution in [-0.2, 0) is 0 Å². The van der Waals surface area contributed by atoms with Gasteiger partial charge in [0.2, 0.25) is 0 Å². The average molecular weight is 805 g/mol. The lowest BCUT2D eigenvalue weighted by atomic mass is 9.92. The number of furan rings is 1. The van der Waals surface area contributed by atoms with Gasteiger partial charge in [0.25, 0.3) is 0 Å². The van der Waals surface area contributed by atoms with E-state index in [1.165, 1.54) is 21.9 Å². The zero-order chi connectivity index (χ0) is 41.7. The second-order valence-corrected chi connectivity index (χ2v) is 16.0. The summed E-state index contributed by atoms with van der Waals surface area (Å²) in [6.07, 6.45) is 0. The van der Waals surface area contributed by atoms with Gasteiger partial charge in [0.05, 0.1) is 22.4 Å². The monoisotopic (exact) mass is 804 g/mol. The van der Waals surface area contributed by atoms with Gasteiger partial charge in [0, 0.05) is 49.6 Å². The van der Waals surface area contributed by atoms with E-state index in [2.05, 4.69) is 246 Å². The van der Waals surface area contributed by atoms with Crippen molar-refractivity contribution in [1.82, 2.24) is 4.57 Å². The minimum atomic E-state index is 0.882. The van der Waals surface area contributed by atoms with Crippen LogP contribution in [-0.4, -0.2) is 4.57 Å². The van der Waals surface area contributed by atoms with Gasteiger partial charge in [-0.25, -0.2) is 0 Å². The van der Waals surface area contributed by atoms with Crippen LogP contribution in [0.5, 0.6) is 0 Å². The number of nitrogens with zero attached hydrogens (tertiary/aromatic N) is 2. The van der Waals surface area contributed by atoms with Gasteiger partial charge in [-0.05, 0) is 76.3 Å². The molecule has 0 radical (unpaired) electrons. The summed E-state index contributed by atoms with van der Waals surface area (Å²) in [4.78, 5) is 2.43. The molecule has 12 aromatic rings. The van der Waals surface area contributed by atoms with Crippen molar-refractivity contribution in [2.24, 2.45) is 0 Å². The van der Waals surface area contributed by atoms with E-state index < -0.39 is 0 Å². The summed E-state index contributed by atoms with van der Waals surface area (Å²) in [5.74, 6) is 0. The van der Waals surface area contributed by atoms with Gasteiger partial charge < -0.3 is 13.9 Å². The summed E-state index contributed by atoms with van der Waals surface area (Å²) in [5, 5.41) is 4.63. The van der Waals surface area contributed by atoms with E-state index in [0.717, 1.165) is 89.1 Å². The Hall–Kier alpha value is -8.40. The Bertz CT molecular complexity index is 3620. The molecule has 63 heavy (non-hydrogen) atoms. The van der Waals surface area contributed by atoms with Gasteiger partial charge in [-0.1, -0.05) is 194 Å². The van der Waals surface area contributed by atoms with Gasteiger partial charge in [0.1, 0.15) is 11.2 Å². The van der Waals surface area contributed by atoms with Crippen molar-refractivity contribution in [3.63, 3.8) is 0 Å². The van der Waals surface area contributed by atoms with Crippen LogP contribution >= 0.6 is 0 Å². The third-order valence-electron chi connectivity index (χ3n) is 12.4. The zero-order valence-corrected chi connectivity index (χ0v) is 34.4. The maximum absolute atomic E-state index is 6.73. The number of hydrogen-bond donors (Lipinski definition) is 0. The molecule has 0 aliphatic carbocycles. The number of anilines is 3. The first-order valence-electron chi connectivity index (χ1n) is 21.5. The van der Waals surface area contributed by atoms with E-state index >= 15 is 0 Å². The summed E-state index contributed by atoms with van der Waals surface area (Å²) < 4.78 is 9.18. The highest BCUT2D eigenvalue weighted by atomic mass is 16.3. The highest BCUT2D eigenvalue weighted by Gasteiger charge is 2.23. The molecule has 2 heterocycles. The second-order valence-electron chi connectivity index (χ2n) is 16.0. The van der Waals surface area contributed by atoms with Crippen LogP contribution in [0.1, 0.15) is 0 Å². The lowest BCUT2D eigenvalue weighted by Gasteiger charge is -2.29. The lowest BCUT2D eigenvalue weighted by Crippen LogP contribution is -2.12. The molecule has 12 rings (SSSR count). The molecule has 0 saturated carbocycles. The number of aromatic nitrogens is 1. The molecule has 296 valence electrons. The van der Waals surface area contributed by atoms with Crippen molar-refractivity contribution in [2.45, 2.75) is 0 Å². The lowest BCUT2D eigenvalue weighted by molar-refractivity contribution is 0.670. The number of para-hydroxylation sites is 5. The van der Waals surface area contributed by atoms with Crippen molar-refractivity contribution < 1.29 is 4.42 Å². The molecular formula is C60H40N2O. The molecular weight excluding hydrogens is 765 g/mol. The van der Waals surface area contributed by atoms with Gasteiger partial charge in [-0.15, -0.1) is 0 Å². The van der Waals surface area contributed by atoms with Crippen LogP contribution in [0, 0.1) is 0 Å². The summed E-state index contributed by atoms with van der Waals surface area (Å²) in [6, 6.07) is 87.2. The first-order valence-corrected chi connectivity index (χ1v) is 21.5. The van der Waals surface area contributed by atoms with E-state index in [9.17, 15) is 0 Å². The standard InChI is InChI=1S/C60H40N2O/c1-4-19-41(20-5-1)46-37-35-44(39-54(46)53-30-18-29-52-51-28-13-17-34-59(51)63-60(52)53)61(55-31-14-10-25-47(55)42-21-6-2-7-22-42)45-36-38-50-49-27-12-16-33-57(49)62(58(50)40-45)56-32-15-11-26-48(56)43-23-8-3-9-24-43/h1-40H. The molecule has 2 aromatic heterocycles. The molecule has 0 amide bonds. The third-order valence-corrected chi connectivity index (χ3v) is 12.4. The Morgan fingerprint density at radius 2 is 0.857 bits per heavy atom. The Morgan fingerprint density at radius 1 is 0.317 bits per heavy atom. The Morgan fingerprint density at radius 3 is 1.63 bits per heavy atom. The fourth-order valence-corrected chi connectivity index (χ4v) is 9.57. The van der Waals surface area contributed by atoms with Gasteiger partial charge in [-0.2, -0.15) is 0 Å². The zero-order valence-electron chi connectivity index (χ0n) is 34.4. The van der Waals surface area contributed by atoms with E-state index in [4.69, 9.17) is 4.42 Å². The number of rotatable bonds is 8. The Balaban J connectivity index is 1.15. The number of fused-ring (bicyclic) bond motifs is 6. The molecule has 0 fully saturated rings. The summed E-state index contributed by atoms with van der Waals surface area (Å²) in [5.41, 5.74) is 17.4. The highest BCUT2D eigenvalue weighted by molar-refractivity contribution is 6.12. The highest BCUT2D eigenvalue weighted by Crippen LogP contribution is 2.47. The molecule has 0 atom stereocenters. The molecule has 0 aliphatic rings. The fourth-order valence-electron chi connectivity index (χ4n) is 9.57. The first-order chi connectivity index (χ1) is 31.3. The maximum Gasteiger partial charge on any atom is 0.143 e.